The van der Waals surface area contributed by atoms with E-state index in [-0.39, 0.29) is 4.90 Å². The molecule has 3 aromatic carbocycles. The first-order valence-corrected chi connectivity index (χ1v) is 11.3. The molecule has 0 aromatic heterocycles. The molecule has 0 unspecified atom stereocenters. The molecule has 0 radical (unpaired) electrons. The van der Waals surface area contributed by atoms with Gasteiger partial charge in [0, 0.05) is 11.4 Å². The summed E-state index contributed by atoms with van der Waals surface area (Å²) in [6, 6.07) is 17.6. The van der Waals surface area contributed by atoms with Crippen molar-refractivity contribution in [1.29, 1.82) is 0 Å². The molecule has 7 nitrogen and oxygen atoms in total. The lowest BCUT2D eigenvalue weighted by Crippen LogP contribution is -2.30. The van der Waals surface area contributed by atoms with Gasteiger partial charge in [0.1, 0.15) is 17.3 Å². The molecular weight excluding hydrogens is 435 g/mol. The molecule has 3 rings (SSSR count). The number of sulfonamides is 1. The summed E-state index contributed by atoms with van der Waals surface area (Å²) < 4.78 is 51.5. The molecule has 0 spiro atoms. The summed E-state index contributed by atoms with van der Waals surface area (Å²) in [5.74, 6) is 0.169. The van der Waals surface area contributed by atoms with Crippen LogP contribution in [0, 0.1) is 5.82 Å². The number of carbonyl (C=O) groups excluding carboxylic acids is 1. The number of anilines is 2. The molecule has 0 aliphatic heterocycles. The predicted molar refractivity (Wildman–Crippen MR) is 120 cm³/mol. The fourth-order valence-corrected chi connectivity index (χ4v) is 3.79. The summed E-state index contributed by atoms with van der Waals surface area (Å²) in [5.41, 5.74) is 0.808. The van der Waals surface area contributed by atoms with Crippen LogP contribution in [0.5, 0.6) is 11.5 Å². The first-order chi connectivity index (χ1) is 15.3. The minimum absolute atomic E-state index is 0.0417. The third kappa shape index (κ3) is 6.21. The number of nitrogens with one attached hydrogen (secondary N) is 2. The van der Waals surface area contributed by atoms with E-state index in [1.165, 1.54) is 48.5 Å². The highest BCUT2D eigenvalue weighted by atomic mass is 32.2. The van der Waals surface area contributed by atoms with Gasteiger partial charge in [0.05, 0.1) is 11.5 Å². The minimum Gasteiger partial charge on any atom is -0.494 e. The average molecular weight is 459 g/mol. The van der Waals surface area contributed by atoms with Crippen LogP contribution in [0.4, 0.5) is 15.8 Å². The molecule has 0 fully saturated rings. The number of ether oxygens (including phenoxy) is 2. The maximum atomic E-state index is 13.0. The largest absolute Gasteiger partial charge is 0.494 e. The number of benzene rings is 3. The van der Waals surface area contributed by atoms with Crippen LogP contribution in [0.2, 0.25) is 0 Å². The summed E-state index contributed by atoms with van der Waals surface area (Å²) in [6.07, 6.45) is -0.842. The van der Waals surface area contributed by atoms with Crippen molar-refractivity contribution >= 4 is 27.3 Å². The monoisotopic (exact) mass is 458 g/mol. The Morgan fingerprint density at radius 3 is 2.06 bits per heavy atom. The lowest BCUT2D eigenvalue weighted by molar-refractivity contribution is -0.122. The molecule has 9 heteroatoms. The highest BCUT2D eigenvalue weighted by molar-refractivity contribution is 7.92. The Balaban J connectivity index is 1.60. The highest BCUT2D eigenvalue weighted by Crippen LogP contribution is 2.21. The normalized spacial score (nSPS) is 12.0. The van der Waals surface area contributed by atoms with E-state index in [2.05, 4.69) is 10.0 Å². The topological polar surface area (TPSA) is 93.7 Å². The Kier molecular flexibility index (Phi) is 7.32. The first kappa shape index (κ1) is 23.1. The zero-order chi connectivity index (χ0) is 23.1. The third-order valence-corrected chi connectivity index (χ3v) is 5.74. The molecule has 168 valence electrons. The van der Waals surface area contributed by atoms with E-state index in [4.69, 9.17) is 9.47 Å². The second kappa shape index (κ2) is 10.1. The summed E-state index contributed by atoms with van der Waals surface area (Å²) >= 11 is 0. The molecule has 1 atom stereocenters. The SMILES string of the molecule is CCOc1ccc(NS(=O)(=O)c2ccc(NC(=O)[C@H](C)Oc3ccc(F)cc3)cc2)cc1. The van der Waals surface area contributed by atoms with Gasteiger partial charge in [0.2, 0.25) is 0 Å². The summed E-state index contributed by atoms with van der Waals surface area (Å²) in [7, 11) is -3.80. The van der Waals surface area contributed by atoms with Crippen molar-refractivity contribution in [3.05, 3.63) is 78.6 Å². The van der Waals surface area contributed by atoms with Crippen LogP contribution < -0.4 is 19.5 Å². The van der Waals surface area contributed by atoms with Crippen LogP contribution in [0.15, 0.2) is 77.7 Å². The standard InChI is InChI=1S/C23H23FN2O5S/c1-3-30-20-12-6-19(7-13-20)26-32(28,29)22-14-8-18(9-15-22)25-23(27)16(2)31-21-10-4-17(24)5-11-21/h4-16,26H,3H2,1-2H3,(H,25,27)/t16-/m0/s1. The summed E-state index contributed by atoms with van der Waals surface area (Å²) in [6.45, 7) is 3.94. The van der Waals surface area contributed by atoms with Gasteiger partial charge in [-0.1, -0.05) is 0 Å². The van der Waals surface area contributed by atoms with Crippen molar-refractivity contribution in [2.45, 2.75) is 24.8 Å². The molecule has 0 aliphatic rings. The highest BCUT2D eigenvalue weighted by Gasteiger charge is 2.17. The van der Waals surface area contributed by atoms with Crippen molar-refractivity contribution in [2.24, 2.45) is 0 Å². The van der Waals surface area contributed by atoms with E-state index in [0.717, 1.165) is 0 Å². The van der Waals surface area contributed by atoms with Gasteiger partial charge < -0.3 is 14.8 Å². The minimum atomic E-state index is -3.80. The number of hydrogen-bond donors (Lipinski definition) is 2. The van der Waals surface area contributed by atoms with Crippen molar-refractivity contribution < 1.29 is 27.1 Å². The van der Waals surface area contributed by atoms with Crippen LogP contribution in [0.3, 0.4) is 0 Å². The van der Waals surface area contributed by atoms with E-state index >= 15 is 0 Å². The Morgan fingerprint density at radius 2 is 1.47 bits per heavy atom. The van der Waals surface area contributed by atoms with E-state index in [9.17, 15) is 17.6 Å². The number of hydrogen-bond acceptors (Lipinski definition) is 5. The van der Waals surface area contributed by atoms with E-state index in [1.807, 2.05) is 6.92 Å². The Labute approximate surface area is 186 Å². The third-order valence-electron chi connectivity index (χ3n) is 4.35. The molecule has 0 bridgehead atoms. The number of carbonyl (C=O) groups is 1. The molecule has 0 heterocycles. The van der Waals surface area contributed by atoms with Gasteiger partial charge in [0.15, 0.2) is 6.10 Å². The summed E-state index contributed by atoms with van der Waals surface area (Å²) in [4.78, 5) is 12.4. The average Bonchev–Trinajstić information content (AvgIpc) is 2.77. The molecule has 3 aromatic rings. The first-order valence-electron chi connectivity index (χ1n) is 9.85. The molecule has 0 aliphatic carbocycles. The van der Waals surface area contributed by atoms with Gasteiger partial charge in [-0.25, -0.2) is 12.8 Å². The van der Waals surface area contributed by atoms with E-state index in [0.29, 0.717) is 29.5 Å². The summed E-state index contributed by atoms with van der Waals surface area (Å²) in [5, 5.41) is 2.65. The van der Waals surface area contributed by atoms with Crippen molar-refractivity contribution in [3.63, 3.8) is 0 Å². The van der Waals surface area contributed by atoms with Gasteiger partial charge in [-0.3, -0.25) is 9.52 Å². The smallest absolute Gasteiger partial charge is 0.265 e. The zero-order valence-electron chi connectivity index (χ0n) is 17.5. The lowest BCUT2D eigenvalue weighted by atomic mass is 10.3. The lowest BCUT2D eigenvalue weighted by Gasteiger charge is -2.15. The second-order valence-electron chi connectivity index (χ2n) is 6.79. The fraction of sp³-hybridized carbons (Fsp3) is 0.174. The van der Waals surface area contributed by atoms with Crippen LogP contribution in [0.1, 0.15) is 13.8 Å². The molecule has 0 saturated carbocycles. The van der Waals surface area contributed by atoms with Gasteiger partial charge in [-0.2, -0.15) is 0 Å². The number of halogens is 1. The Hall–Kier alpha value is -3.59. The second-order valence-corrected chi connectivity index (χ2v) is 8.47. The fourth-order valence-electron chi connectivity index (χ4n) is 2.73. The van der Waals surface area contributed by atoms with Gasteiger partial charge in [0.25, 0.3) is 15.9 Å². The molecule has 1 amide bonds. The Bertz CT molecular complexity index is 1150. The van der Waals surface area contributed by atoms with Crippen LogP contribution in [-0.4, -0.2) is 27.0 Å². The number of amides is 1. The number of rotatable bonds is 9. The molecular formula is C23H23FN2O5S. The molecule has 2 N–H and O–H groups in total. The molecule has 32 heavy (non-hydrogen) atoms. The van der Waals surface area contributed by atoms with Crippen molar-refractivity contribution in [3.8, 4) is 11.5 Å². The van der Waals surface area contributed by atoms with Crippen LogP contribution in [0.25, 0.3) is 0 Å². The predicted octanol–water partition coefficient (Wildman–Crippen LogP) is 4.43. The van der Waals surface area contributed by atoms with Crippen molar-refractivity contribution in [2.75, 3.05) is 16.6 Å². The Morgan fingerprint density at radius 1 is 0.906 bits per heavy atom. The van der Waals surface area contributed by atoms with E-state index < -0.39 is 27.9 Å². The quantitative estimate of drug-likeness (QED) is 0.495. The maximum Gasteiger partial charge on any atom is 0.265 e. The zero-order valence-corrected chi connectivity index (χ0v) is 18.4. The van der Waals surface area contributed by atoms with Gasteiger partial charge in [-0.05, 0) is 86.6 Å². The van der Waals surface area contributed by atoms with Crippen LogP contribution >= 0.6 is 0 Å². The van der Waals surface area contributed by atoms with Gasteiger partial charge in [-0.15, -0.1) is 0 Å². The molecule has 0 saturated heterocycles. The van der Waals surface area contributed by atoms with Gasteiger partial charge >= 0.3 is 0 Å². The van der Waals surface area contributed by atoms with E-state index in [1.54, 1.807) is 31.2 Å². The van der Waals surface area contributed by atoms with Crippen molar-refractivity contribution in [1.82, 2.24) is 0 Å². The van der Waals surface area contributed by atoms with Crippen LogP contribution in [-0.2, 0) is 14.8 Å². The maximum absolute atomic E-state index is 13.0.